The lowest BCUT2D eigenvalue weighted by atomic mass is 9.86. The first-order valence-electron chi connectivity index (χ1n) is 6.00. The lowest BCUT2D eigenvalue weighted by Crippen LogP contribution is -2.49. The van der Waals surface area contributed by atoms with E-state index in [1.807, 2.05) is 0 Å². The van der Waals surface area contributed by atoms with E-state index < -0.39 is 0 Å². The summed E-state index contributed by atoms with van der Waals surface area (Å²) >= 11 is 0. The van der Waals surface area contributed by atoms with Gasteiger partial charge in [-0.15, -0.1) is 0 Å². The molecule has 1 aliphatic heterocycles. The normalized spacial score (nSPS) is 24.5. The standard InChI is InChI=1S/C14H21NO/c1-10(2)15-14(4,5)13-9-7-6-8-12(13)11(3)16-15/h6-11H,1-5H3. The zero-order chi connectivity index (χ0) is 11.9. The second-order valence-electron chi connectivity index (χ2n) is 5.31. The van der Waals surface area contributed by atoms with Gasteiger partial charge in [0, 0.05) is 6.04 Å². The molecule has 88 valence electrons. The Hall–Kier alpha value is -0.860. The van der Waals surface area contributed by atoms with Gasteiger partial charge in [0.15, 0.2) is 0 Å². The Morgan fingerprint density at radius 3 is 2.50 bits per heavy atom. The van der Waals surface area contributed by atoms with Gasteiger partial charge in [-0.2, -0.15) is 5.06 Å². The van der Waals surface area contributed by atoms with Crippen molar-refractivity contribution in [2.45, 2.75) is 52.3 Å². The minimum Gasteiger partial charge on any atom is -0.290 e. The average Bonchev–Trinajstić information content (AvgIpc) is 2.23. The molecule has 1 unspecified atom stereocenters. The van der Waals surface area contributed by atoms with Gasteiger partial charge in [0.2, 0.25) is 0 Å². The van der Waals surface area contributed by atoms with Crippen molar-refractivity contribution in [2.24, 2.45) is 0 Å². The van der Waals surface area contributed by atoms with Crippen LogP contribution in [0.3, 0.4) is 0 Å². The maximum Gasteiger partial charge on any atom is 0.102 e. The zero-order valence-corrected chi connectivity index (χ0v) is 10.8. The summed E-state index contributed by atoms with van der Waals surface area (Å²) in [4.78, 5) is 6.02. The molecule has 0 saturated carbocycles. The van der Waals surface area contributed by atoms with Crippen LogP contribution in [0.5, 0.6) is 0 Å². The summed E-state index contributed by atoms with van der Waals surface area (Å²) in [6.45, 7) is 10.9. The van der Waals surface area contributed by atoms with Crippen LogP contribution in [0.4, 0.5) is 0 Å². The van der Waals surface area contributed by atoms with E-state index in [0.29, 0.717) is 6.04 Å². The monoisotopic (exact) mass is 219 g/mol. The van der Waals surface area contributed by atoms with Crippen LogP contribution >= 0.6 is 0 Å². The lowest BCUT2D eigenvalue weighted by Gasteiger charge is -2.47. The van der Waals surface area contributed by atoms with Crippen LogP contribution in [0.2, 0.25) is 0 Å². The largest absolute Gasteiger partial charge is 0.290 e. The Morgan fingerprint density at radius 2 is 1.88 bits per heavy atom. The minimum atomic E-state index is -0.0583. The predicted molar refractivity (Wildman–Crippen MR) is 65.9 cm³/mol. The quantitative estimate of drug-likeness (QED) is 0.715. The molecule has 2 heteroatoms. The molecule has 0 radical (unpaired) electrons. The second kappa shape index (κ2) is 3.86. The maximum atomic E-state index is 6.02. The average molecular weight is 219 g/mol. The fraction of sp³-hybridized carbons (Fsp3) is 0.571. The predicted octanol–water partition coefficient (Wildman–Crippen LogP) is 3.64. The molecule has 1 atom stereocenters. The van der Waals surface area contributed by atoms with Crippen molar-refractivity contribution in [3.63, 3.8) is 0 Å². The van der Waals surface area contributed by atoms with Gasteiger partial charge in [0.25, 0.3) is 0 Å². The van der Waals surface area contributed by atoms with Gasteiger partial charge in [-0.1, -0.05) is 24.3 Å². The molecule has 1 heterocycles. The van der Waals surface area contributed by atoms with Crippen molar-refractivity contribution < 1.29 is 4.84 Å². The molecule has 1 aliphatic rings. The first-order valence-corrected chi connectivity index (χ1v) is 6.00. The molecule has 0 fully saturated rings. The van der Waals surface area contributed by atoms with Crippen molar-refractivity contribution in [2.75, 3.05) is 0 Å². The third-order valence-corrected chi connectivity index (χ3v) is 3.35. The van der Waals surface area contributed by atoms with E-state index in [-0.39, 0.29) is 11.6 Å². The van der Waals surface area contributed by atoms with Crippen LogP contribution in [-0.4, -0.2) is 11.1 Å². The molecule has 0 saturated heterocycles. The number of hydrogen-bond acceptors (Lipinski definition) is 2. The van der Waals surface area contributed by atoms with Gasteiger partial charge in [-0.3, -0.25) is 4.84 Å². The summed E-state index contributed by atoms with van der Waals surface area (Å²) in [5.41, 5.74) is 2.63. The van der Waals surface area contributed by atoms with Crippen LogP contribution in [-0.2, 0) is 10.4 Å². The van der Waals surface area contributed by atoms with E-state index >= 15 is 0 Å². The fourth-order valence-electron chi connectivity index (χ4n) is 2.65. The topological polar surface area (TPSA) is 12.5 Å². The highest BCUT2D eigenvalue weighted by atomic mass is 16.7. The number of benzene rings is 1. The van der Waals surface area contributed by atoms with Crippen molar-refractivity contribution in [1.29, 1.82) is 0 Å². The van der Waals surface area contributed by atoms with E-state index in [0.717, 1.165) is 0 Å². The molecule has 0 amide bonds. The van der Waals surface area contributed by atoms with Crippen LogP contribution in [0.25, 0.3) is 0 Å². The zero-order valence-electron chi connectivity index (χ0n) is 10.8. The molecule has 0 aliphatic carbocycles. The molecule has 16 heavy (non-hydrogen) atoms. The Kier molecular flexibility index (Phi) is 2.81. The summed E-state index contributed by atoms with van der Waals surface area (Å²) in [7, 11) is 0. The van der Waals surface area contributed by atoms with Crippen molar-refractivity contribution in [3.8, 4) is 0 Å². The molecule has 0 bridgehead atoms. The molecule has 0 N–H and O–H groups in total. The van der Waals surface area contributed by atoms with Gasteiger partial charge in [0.05, 0.1) is 5.54 Å². The van der Waals surface area contributed by atoms with Gasteiger partial charge >= 0.3 is 0 Å². The Balaban J connectivity index is 2.51. The highest BCUT2D eigenvalue weighted by molar-refractivity contribution is 5.35. The van der Waals surface area contributed by atoms with Crippen molar-refractivity contribution in [3.05, 3.63) is 35.4 Å². The van der Waals surface area contributed by atoms with E-state index in [1.165, 1.54) is 11.1 Å². The number of hydroxylamine groups is 2. The number of rotatable bonds is 1. The summed E-state index contributed by atoms with van der Waals surface area (Å²) in [6.07, 6.45) is 0.145. The van der Waals surface area contributed by atoms with E-state index in [4.69, 9.17) is 4.84 Å². The number of fused-ring (bicyclic) bond motifs is 1. The number of hydrogen-bond donors (Lipinski definition) is 0. The highest BCUT2D eigenvalue weighted by Crippen LogP contribution is 2.41. The third kappa shape index (κ3) is 1.66. The smallest absolute Gasteiger partial charge is 0.102 e. The summed E-state index contributed by atoms with van der Waals surface area (Å²) in [6, 6.07) is 8.95. The molecule has 1 aromatic carbocycles. The van der Waals surface area contributed by atoms with Crippen LogP contribution < -0.4 is 0 Å². The van der Waals surface area contributed by atoms with E-state index in [9.17, 15) is 0 Å². The summed E-state index contributed by atoms with van der Waals surface area (Å²) in [5, 5.41) is 2.11. The van der Waals surface area contributed by atoms with Gasteiger partial charge in [0.1, 0.15) is 6.10 Å². The first-order chi connectivity index (χ1) is 7.44. The van der Waals surface area contributed by atoms with E-state index in [2.05, 4.69) is 63.9 Å². The van der Waals surface area contributed by atoms with Gasteiger partial charge in [-0.05, 0) is 45.7 Å². The Morgan fingerprint density at radius 1 is 1.25 bits per heavy atom. The lowest BCUT2D eigenvalue weighted by molar-refractivity contribution is -0.277. The van der Waals surface area contributed by atoms with Crippen molar-refractivity contribution in [1.82, 2.24) is 5.06 Å². The van der Waals surface area contributed by atoms with Crippen LogP contribution in [0.1, 0.15) is 51.8 Å². The van der Waals surface area contributed by atoms with Crippen LogP contribution in [0.15, 0.2) is 24.3 Å². The summed E-state index contributed by atoms with van der Waals surface area (Å²) < 4.78 is 0. The van der Waals surface area contributed by atoms with Crippen LogP contribution in [0, 0.1) is 0 Å². The highest BCUT2D eigenvalue weighted by Gasteiger charge is 2.39. The van der Waals surface area contributed by atoms with Crippen molar-refractivity contribution >= 4 is 0 Å². The van der Waals surface area contributed by atoms with E-state index in [1.54, 1.807) is 0 Å². The molecular weight excluding hydrogens is 198 g/mol. The first kappa shape index (κ1) is 11.6. The molecule has 0 aromatic heterocycles. The SMILES string of the molecule is CC1ON(C(C)C)C(C)(C)c2ccccc21. The third-order valence-electron chi connectivity index (χ3n) is 3.35. The molecule has 0 spiro atoms. The summed E-state index contributed by atoms with van der Waals surface area (Å²) in [5.74, 6) is 0. The fourth-order valence-corrected chi connectivity index (χ4v) is 2.65. The minimum absolute atomic E-state index is 0.0583. The molecule has 2 rings (SSSR count). The number of nitrogens with zero attached hydrogens (tertiary/aromatic N) is 1. The Labute approximate surface area is 98.2 Å². The molecule has 2 nitrogen and oxygen atoms in total. The Bertz CT molecular complexity index is 384. The second-order valence-corrected chi connectivity index (χ2v) is 5.31. The maximum absolute atomic E-state index is 6.02. The molecule has 1 aromatic rings. The van der Waals surface area contributed by atoms with Gasteiger partial charge in [-0.25, -0.2) is 0 Å². The molecular formula is C14H21NO. The van der Waals surface area contributed by atoms with Gasteiger partial charge < -0.3 is 0 Å².